The van der Waals surface area contributed by atoms with Gasteiger partial charge in [0.1, 0.15) is 17.8 Å². The lowest BCUT2D eigenvalue weighted by atomic mass is 10.1. The zero-order chi connectivity index (χ0) is 16.2. The van der Waals surface area contributed by atoms with Crippen LogP contribution in [0.25, 0.3) is 0 Å². The maximum Gasteiger partial charge on any atom is 0.194 e. The molecule has 2 aromatic rings. The standard InChI is InChI=1S/C16H15Cl2N3O2/c1-19-8-11-6-12(21-9-20-22-10-21)2-5-16(11)23-13-3-4-14(17)15(18)7-13/h2-7,9,19H,8,10H2,1H3. The number of rotatable bonds is 5. The van der Waals surface area contributed by atoms with Crippen LogP contribution in [0.3, 0.4) is 0 Å². The van der Waals surface area contributed by atoms with Crippen molar-refractivity contribution in [3.63, 3.8) is 0 Å². The van der Waals surface area contributed by atoms with Gasteiger partial charge in [-0.15, -0.1) is 0 Å². The Balaban J connectivity index is 1.87. The minimum atomic E-state index is 0.409. The lowest BCUT2D eigenvalue weighted by Crippen LogP contribution is -2.18. The lowest BCUT2D eigenvalue weighted by Gasteiger charge is -2.16. The van der Waals surface area contributed by atoms with Crippen molar-refractivity contribution in [1.29, 1.82) is 0 Å². The largest absolute Gasteiger partial charge is 0.457 e. The molecule has 0 aliphatic carbocycles. The second-order valence-electron chi connectivity index (χ2n) is 4.95. The van der Waals surface area contributed by atoms with E-state index in [4.69, 9.17) is 32.8 Å². The quantitative estimate of drug-likeness (QED) is 0.874. The normalized spacial score (nSPS) is 13.3. The van der Waals surface area contributed by atoms with Crippen molar-refractivity contribution in [2.75, 3.05) is 18.7 Å². The third kappa shape index (κ3) is 3.69. The molecule has 1 aliphatic heterocycles. The van der Waals surface area contributed by atoms with Gasteiger partial charge in [-0.1, -0.05) is 28.4 Å². The molecule has 1 aliphatic rings. The summed E-state index contributed by atoms with van der Waals surface area (Å²) in [4.78, 5) is 6.89. The fourth-order valence-corrected chi connectivity index (χ4v) is 2.49. The predicted molar refractivity (Wildman–Crippen MR) is 92.7 cm³/mol. The number of anilines is 1. The average Bonchev–Trinajstić information content (AvgIpc) is 3.07. The van der Waals surface area contributed by atoms with Crippen LogP contribution < -0.4 is 15.0 Å². The van der Waals surface area contributed by atoms with Crippen molar-refractivity contribution in [1.82, 2.24) is 5.32 Å². The maximum absolute atomic E-state index is 6.03. The molecule has 2 aromatic carbocycles. The highest BCUT2D eigenvalue weighted by atomic mass is 35.5. The van der Waals surface area contributed by atoms with Crippen molar-refractivity contribution in [2.24, 2.45) is 5.16 Å². The van der Waals surface area contributed by atoms with E-state index in [-0.39, 0.29) is 0 Å². The molecule has 0 bridgehead atoms. The Kier molecular flexibility index (Phi) is 4.91. The third-order valence-corrected chi connectivity index (χ3v) is 4.06. The van der Waals surface area contributed by atoms with Crippen molar-refractivity contribution in [2.45, 2.75) is 6.54 Å². The lowest BCUT2D eigenvalue weighted by molar-refractivity contribution is 0.174. The van der Waals surface area contributed by atoms with Crippen LogP contribution in [0.2, 0.25) is 10.0 Å². The number of hydrogen-bond donors (Lipinski definition) is 1. The number of oxime groups is 1. The Bertz CT molecular complexity index is 737. The molecule has 0 atom stereocenters. The fraction of sp³-hybridized carbons (Fsp3) is 0.188. The highest BCUT2D eigenvalue weighted by Crippen LogP contribution is 2.32. The molecule has 0 saturated carbocycles. The Hall–Kier alpha value is -1.95. The topological polar surface area (TPSA) is 46.1 Å². The van der Waals surface area contributed by atoms with Crippen LogP contribution in [-0.2, 0) is 11.4 Å². The molecule has 23 heavy (non-hydrogen) atoms. The molecule has 1 heterocycles. The van der Waals surface area contributed by atoms with Gasteiger partial charge >= 0.3 is 0 Å². The first-order valence-electron chi connectivity index (χ1n) is 7.00. The highest BCUT2D eigenvalue weighted by molar-refractivity contribution is 6.42. The minimum absolute atomic E-state index is 0.409. The number of nitrogens with zero attached hydrogens (tertiary/aromatic N) is 2. The molecule has 0 aromatic heterocycles. The van der Waals surface area contributed by atoms with E-state index in [2.05, 4.69) is 10.5 Å². The average molecular weight is 352 g/mol. The fourth-order valence-electron chi connectivity index (χ4n) is 2.20. The van der Waals surface area contributed by atoms with Gasteiger partial charge in [-0.3, -0.25) is 4.90 Å². The van der Waals surface area contributed by atoms with E-state index in [9.17, 15) is 0 Å². The van der Waals surface area contributed by atoms with Crippen LogP contribution in [0, 0.1) is 0 Å². The molecule has 1 N–H and O–H groups in total. The van der Waals surface area contributed by atoms with Crippen LogP contribution in [-0.4, -0.2) is 20.1 Å². The van der Waals surface area contributed by atoms with Crippen LogP contribution in [0.15, 0.2) is 41.6 Å². The summed E-state index contributed by atoms with van der Waals surface area (Å²) >= 11 is 12.0. The molecule has 120 valence electrons. The van der Waals surface area contributed by atoms with E-state index in [1.165, 1.54) is 0 Å². The molecule has 0 amide bonds. The van der Waals surface area contributed by atoms with E-state index in [1.807, 2.05) is 30.1 Å². The molecule has 3 rings (SSSR count). The van der Waals surface area contributed by atoms with Crippen molar-refractivity contribution >= 4 is 35.2 Å². The molecular formula is C16H15Cl2N3O2. The summed E-state index contributed by atoms with van der Waals surface area (Å²) in [6.45, 7) is 1.07. The van der Waals surface area contributed by atoms with Crippen LogP contribution in [0.1, 0.15) is 5.56 Å². The van der Waals surface area contributed by atoms with Crippen molar-refractivity contribution in [3.05, 3.63) is 52.0 Å². The molecule has 0 spiro atoms. The van der Waals surface area contributed by atoms with Gasteiger partial charge in [-0.25, -0.2) is 0 Å². The molecule has 0 saturated heterocycles. The van der Waals surface area contributed by atoms with Gasteiger partial charge in [0.05, 0.1) is 10.0 Å². The monoisotopic (exact) mass is 351 g/mol. The number of benzene rings is 2. The van der Waals surface area contributed by atoms with E-state index in [0.717, 1.165) is 17.0 Å². The minimum Gasteiger partial charge on any atom is -0.457 e. The summed E-state index contributed by atoms with van der Waals surface area (Å²) in [5, 5.41) is 7.85. The summed E-state index contributed by atoms with van der Waals surface area (Å²) in [5.41, 5.74) is 1.99. The molecule has 0 radical (unpaired) electrons. The van der Waals surface area contributed by atoms with Crippen molar-refractivity contribution < 1.29 is 9.57 Å². The highest BCUT2D eigenvalue weighted by Gasteiger charge is 2.13. The van der Waals surface area contributed by atoms with Crippen LogP contribution >= 0.6 is 23.2 Å². The summed E-state index contributed by atoms with van der Waals surface area (Å²) in [6.07, 6.45) is 1.65. The van der Waals surface area contributed by atoms with Gasteiger partial charge in [0.2, 0.25) is 0 Å². The van der Waals surface area contributed by atoms with E-state index < -0.39 is 0 Å². The van der Waals surface area contributed by atoms with Crippen LogP contribution in [0.5, 0.6) is 11.5 Å². The van der Waals surface area contributed by atoms with Gasteiger partial charge < -0.3 is 14.9 Å². The first kappa shape index (κ1) is 15.9. The van der Waals surface area contributed by atoms with Gasteiger partial charge in [0, 0.05) is 23.9 Å². The first-order chi connectivity index (χ1) is 11.2. The van der Waals surface area contributed by atoms with E-state index in [1.54, 1.807) is 24.5 Å². The van der Waals surface area contributed by atoms with Gasteiger partial charge in [0.15, 0.2) is 6.73 Å². The number of ether oxygens (including phenoxy) is 1. The van der Waals surface area contributed by atoms with Gasteiger partial charge in [0.25, 0.3) is 0 Å². The summed E-state index contributed by atoms with van der Waals surface area (Å²) in [7, 11) is 1.88. The zero-order valence-corrected chi connectivity index (χ0v) is 13.9. The van der Waals surface area contributed by atoms with Crippen LogP contribution in [0.4, 0.5) is 5.69 Å². The summed E-state index contributed by atoms with van der Waals surface area (Å²) in [5.74, 6) is 1.38. The Morgan fingerprint density at radius 1 is 1.22 bits per heavy atom. The Morgan fingerprint density at radius 3 is 2.78 bits per heavy atom. The van der Waals surface area contributed by atoms with Gasteiger partial charge in [-0.2, -0.15) is 0 Å². The van der Waals surface area contributed by atoms with Crippen molar-refractivity contribution in [3.8, 4) is 11.5 Å². The number of nitrogens with one attached hydrogen (secondary N) is 1. The van der Waals surface area contributed by atoms with E-state index >= 15 is 0 Å². The molecule has 0 unspecified atom stereocenters. The molecule has 5 nitrogen and oxygen atoms in total. The molecular weight excluding hydrogens is 337 g/mol. The van der Waals surface area contributed by atoms with E-state index in [0.29, 0.717) is 29.1 Å². The maximum atomic E-state index is 6.03. The molecule has 0 fully saturated rings. The number of hydrogen-bond acceptors (Lipinski definition) is 5. The Morgan fingerprint density at radius 2 is 2.09 bits per heavy atom. The smallest absolute Gasteiger partial charge is 0.194 e. The number of halogens is 2. The summed E-state index contributed by atoms with van der Waals surface area (Å²) in [6, 6.07) is 11.1. The second-order valence-corrected chi connectivity index (χ2v) is 5.76. The predicted octanol–water partition coefficient (Wildman–Crippen LogP) is 4.24. The zero-order valence-electron chi connectivity index (χ0n) is 12.4. The molecule has 7 heteroatoms. The summed E-state index contributed by atoms with van der Waals surface area (Å²) < 4.78 is 5.95. The SMILES string of the molecule is CNCc1cc(N2C=NOC2)ccc1Oc1ccc(Cl)c(Cl)c1. The Labute approximate surface area is 144 Å². The third-order valence-electron chi connectivity index (χ3n) is 3.32. The first-order valence-corrected chi connectivity index (χ1v) is 7.75. The van der Waals surface area contributed by atoms with Gasteiger partial charge in [-0.05, 0) is 37.4 Å². The second kappa shape index (κ2) is 7.08.